The molecule has 1 aliphatic rings. The van der Waals surface area contributed by atoms with Crippen molar-refractivity contribution in [2.45, 2.75) is 19.8 Å². The molecule has 25 heavy (non-hydrogen) atoms. The maximum atomic E-state index is 13.0. The van der Waals surface area contributed by atoms with Crippen molar-refractivity contribution in [3.63, 3.8) is 0 Å². The van der Waals surface area contributed by atoms with Crippen molar-refractivity contribution in [3.05, 3.63) is 39.6 Å². The van der Waals surface area contributed by atoms with Gasteiger partial charge in [0.2, 0.25) is 5.91 Å². The Morgan fingerprint density at radius 1 is 1.24 bits per heavy atom. The van der Waals surface area contributed by atoms with E-state index in [1.54, 1.807) is 30.0 Å². The number of carbonyl (C=O) groups excluding carboxylic acids is 2. The summed E-state index contributed by atoms with van der Waals surface area (Å²) in [5, 5.41) is 4.78. The maximum absolute atomic E-state index is 13.0. The second kappa shape index (κ2) is 7.06. The number of hydrogen-bond acceptors (Lipinski definition) is 4. The molecule has 1 aliphatic heterocycles. The number of likely N-dealkylation sites (tertiary alicyclic amines) is 1. The fraction of sp³-hybridized carbons (Fsp3) is 0.353. The highest BCUT2D eigenvalue weighted by atomic mass is 35.5. The zero-order valence-electron chi connectivity index (χ0n) is 13.6. The molecule has 132 valence electrons. The maximum Gasteiger partial charge on any atom is 0.259 e. The summed E-state index contributed by atoms with van der Waals surface area (Å²) in [4.78, 5) is 26.0. The van der Waals surface area contributed by atoms with E-state index in [0.717, 1.165) is 0 Å². The molecule has 0 atom stereocenters. The van der Waals surface area contributed by atoms with Gasteiger partial charge < -0.3 is 15.2 Å². The SMILES string of the molecule is Cc1onc(-c2c(Cl)cccc2Cl)c1C(=O)N1CCC(C(N)=O)CC1. The number of primary amides is 1. The molecule has 3 rings (SSSR count). The van der Waals surface area contributed by atoms with Crippen molar-refractivity contribution in [3.8, 4) is 11.3 Å². The van der Waals surface area contributed by atoms with Crippen LogP contribution in [0.1, 0.15) is 29.0 Å². The normalized spacial score (nSPS) is 15.4. The molecular formula is C17H17Cl2N3O3. The molecule has 0 unspecified atom stereocenters. The quantitative estimate of drug-likeness (QED) is 0.882. The van der Waals surface area contributed by atoms with Gasteiger partial charge in [-0.1, -0.05) is 34.4 Å². The van der Waals surface area contributed by atoms with Gasteiger partial charge in [0.1, 0.15) is 17.0 Å². The van der Waals surface area contributed by atoms with Crippen molar-refractivity contribution in [1.82, 2.24) is 10.1 Å². The molecule has 2 heterocycles. The highest BCUT2D eigenvalue weighted by molar-refractivity contribution is 6.39. The number of rotatable bonds is 3. The Hall–Kier alpha value is -2.05. The van der Waals surface area contributed by atoms with Crippen LogP contribution in [-0.4, -0.2) is 35.0 Å². The molecule has 8 heteroatoms. The zero-order valence-corrected chi connectivity index (χ0v) is 15.1. The van der Waals surface area contributed by atoms with Crippen LogP contribution in [0.4, 0.5) is 0 Å². The molecule has 0 saturated carbocycles. The number of amides is 2. The largest absolute Gasteiger partial charge is 0.369 e. The summed E-state index contributed by atoms with van der Waals surface area (Å²) < 4.78 is 5.24. The minimum atomic E-state index is -0.322. The van der Waals surface area contributed by atoms with Crippen LogP contribution in [0.3, 0.4) is 0 Å². The third-order valence-corrected chi connectivity index (χ3v) is 5.09. The predicted molar refractivity (Wildman–Crippen MR) is 94.5 cm³/mol. The first kappa shape index (κ1) is 17.8. The number of hydrogen-bond donors (Lipinski definition) is 1. The van der Waals surface area contributed by atoms with Crippen LogP contribution in [0, 0.1) is 12.8 Å². The van der Waals surface area contributed by atoms with Crippen molar-refractivity contribution >= 4 is 35.0 Å². The summed E-state index contributed by atoms with van der Waals surface area (Å²) in [6.07, 6.45) is 1.10. The monoisotopic (exact) mass is 381 g/mol. The number of nitrogens with two attached hydrogens (primary N) is 1. The van der Waals surface area contributed by atoms with Gasteiger partial charge in [-0.15, -0.1) is 0 Å². The summed E-state index contributed by atoms with van der Waals surface area (Å²) in [5.74, 6) is -0.331. The van der Waals surface area contributed by atoms with Crippen molar-refractivity contribution in [1.29, 1.82) is 0 Å². The van der Waals surface area contributed by atoms with Gasteiger partial charge >= 0.3 is 0 Å². The minimum Gasteiger partial charge on any atom is -0.369 e. The third-order valence-electron chi connectivity index (χ3n) is 4.46. The summed E-state index contributed by atoms with van der Waals surface area (Å²) in [6.45, 7) is 2.57. The van der Waals surface area contributed by atoms with E-state index in [2.05, 4.69) is 5.16 Å². The van der Waals surface area contributed by atoms with E-state index < -0.39 is 0 Å². The second-order valence-electron chi connectivity index (χ2n) is 6.03. The highest BCUT2D eigenvalue weighted by Crippen LogP contribution is 2.37. The lowest BCUT2D eigenvalue weighted by Gasteiger charge is -2.30. The molecule has 0 spiro atoms. The Balaban J connectivity index is 1.93. The number of piperidine rings is 1. The number of nitrogens with zero attached hydrogens (tertiary/aromatic N) is 2. The van der Waals surface area contributed by atoms with Crippen LogP contribution >= 0.6 is 23.2 Å². The van der Waals surface area contributed by atoms with Crippen LogP contribution in [0.5, 0.6) is 0 Å². The fourth-order valence-corrected chi connectivity index (χ4v) is 3.62. The van der Waals surface area contributed by atoms with E-state index >= 15 is 0 Å². The van der Waals surface area contributed by atoms with Crippen LogP contribution < -0.4 is 5.73 Å². The lowest BCUT2D eigenvalue weighted by atomic mass is 9.95. The van der Waals surface area contributed by atoms with E-state index in [0.29, 0.717) is 58.6 Å². The predicted octanol–water partition coefficient (Wildman–Crippen LogP) is 3.29. The van der Waals surface area contributed by atoms with Gasteiger partial charge in [-0.2, -0.15) is 0 Å². The van der Waals surface area contributed by atoms with E-state index in [9.17, 15) is 9.59 Å². The number of halogens is 2. The number of carbonyl (C=O) groups is 2. The van der Waals surface area contributed by atoms with E-state index in [-0.39, 0.29) is 17.7 Å². The Bertz CT molecular complexity index is 806. The van der Waals surface area contributed by atoms with E-state index in [4.69, 9.17) is 33.5 Å². The third kappa shape index (κ3) is 3.37. The smallest absolute Gasteiger partial charge is 0.259 e. The van der Waals surface area contributed by atoms with Gasteiger partial charge in [-0.05, 0) is 31.9 Å². The van der Waals surface area contributed by atoms with Crippen molar-refractivity contribution < 1.29 is 14.1 Å². The van der Waals surface area contributed by atoms with Crippen LogP contribution in [-0.2, 0) is 4.79 Å². The molecule has 1 fully saturated rings. The Morgan fingerprint density at radius 3 is 2.40 bits per heavy atom. The average Bonchev–Trinajstić information content (AvgIpc) is 2.95. The molecule has 1 aromatic heterocycles. The average molecular weight is 382 g/mol. The molecule has 2 aromatic rings. The molecule has 1 saturated heterocycles. The second-order valence-corrected chi connectivity index (χ2v) is 6.84. The molecule has 1 aromatic carbocycles. The van der Waals surface area contributed by atoms with E-state index in [1.165, 1.54) is 0 Å². The van der Waals surface area contributed by atoms with Crippen molar-refractivity contribution in [2.75, 3.05) is 13.1 Å². The van der Waals surface area contributed by atoms with Crippen molar-refractivity contribution in [2.24, 2.45) is 11.7 Å². The van der Waals surface area contributed by atoms with Gasteiger partial charge in [0.15, 0.2) is 0 Å². The van der Waals surface area contributed by atoms with Gasteiger partial charge in [-0.25, -0.2) is 0 Å². The lowest BCUT2D eigenvalue weighted by Crippen LogP contribution is -2.42. The van der Waals surface area contributed by atoms with Gasteiger partial charge in [0.25, 0.3) is 5.91 Å². The standard InChI is InChI=1S/C17H17Cl2N3O3/c1-9-13(17(24)22-7-5-10(6-8-22)16(20)23)15(21-25-9)14-11(18)3-2-4-12(14)19/h2-4,10H,5-8H2,1H3,(H2,20,23). The summed E-state index contributed by atoms with van der Waals surface area (Å²) in [7, 11) is 0. The van der Waals surface area contributed by atoms with Gasteiger partial charge in [0.05, 0.1) is 10.0 Å². The van der Waals surface area contributed by atoms with E-state index in [1.807, 2.05) is 0 Å². The van der Waals surface area contributed by atoms with Crippen LogP contribution in [0.25, 0.3) is 11.3 Å². The number of aryl methyl sites for hydroxylation is 1. The number of aromatic nitrogens is 1. The molecule has 0 bridgehead atoms. The molecule has 6 nitrogen and oxygen atoms in total. The summed E-state index contributed by atoms with van der Waals surface area (Å²) in [5.41, 5.74) is 6.48. The molecular weight excluding hydrogens is 365 g/mol. The lowest BCUT2D eigenvalue weighted by molar-refractivity contribution is -0.123. The molecule has 2 N–H and O–H groups in total. The highest BCUT2D eigenvalue weighted by Gasteiger charge is 2.31. The Labute approximate surface area is 154 Å². The first-order valence-electron chi connectivity index (χ1n) is 7.89. The van der Waals surface area contributed by atoms with Crippen LogP contribution in [0.2, 0.25) is 10.0 Å². The first-order valence-corrected chi connectivity index (χ1v) is 8.65. The summed E-state index contributed by atoms with van der Waals surface area (Å²) in [6, 6.07) is 5.08. The topological polar surface area (TPSA) is 89.4 Å². The Morgan fingerprint density at radius 2 is 1.84 bits per heavy atom. The zero-order chi connectivity index (χ0) is 18.1. The fourth-order valence-electron chi connectivity index (χ4n) is 3.04. The summed E-state index contributed by atoms with van der Waals surface area (Å²) >= 11 is 12.5. The minimum absolute atomic E-state index is 0.190. The number of benzene rings is 1. The molecule has 0 radical (unpaired) electrons. The first-order chi connectivity index (χ1) is 11.9. The molecule has 2 amide bonds. The van der Waals surface area contributed by atoms with Gasteiger partial charge in [-0.3, -0.25) is 9.59 Å². The molecule has 0 aliphatic carbocycles. The Kier molecular flexibility index (Phi) is 5.01. The van der Waals surface area contributed by atoms with Gasteiger partial charge in [0, 0.05) is 24.6 Å². The van der Waals surface area contributed by atoms with Crippen LogP contribution in [0.15, 0.2) is 22.7 Å².